The first-order valence-electron chi connectivity index (χ1n) is 4.29. The van der Waals surface area contributed by atoms with Crippen LogP contribution >= 0.6 is 0 Å². The lowest BCUT2D eigenvalue weighted by Gasteiger charge is -1.99. The Hall–Kier alpha value is -1.09. The Kier molecular flexibility index (Phi) is 3.25. The van der Waals surface area contributed by atoms with Gasteiger partial charge in [0.2, 0.25) is 0 Å². The zero-order valence-corrected chi connectivity index (χ0v) is 8.22. The third kappa shape index (κ3) is 1.98. The number of aryl methyl sites for hydroxylation is 2. The quantitative estimate of drug-likeness (QED) is 0.668. The van der Waals surface area contributed by atoms with Crippen LogP contribution in [0, 0.1) is 6.92 Å². The topological polar surface area (TPSA) is 39.4 Å². The number of ether oxygens (including phenoxy) is 1. The van der Waals surface area contributed by atoms with Gasteiger partial charge in [-0.05, 0) is 13.3 Å². The lowest BCUT2D eigenvalue weighted by atomic mass is 10.1. The van der Waals surface area contributed by atoms with Gasteiger partial charge in [0.05, 0.1) is 11.8 Å². The summed E-state index contributed by atoms with van der Waals surface area (Å²) in [4.78, 5) is 11.5. The molecule has 1 aromatic heterocycles. The van der Waals surface area contributed by atoms with Gasteiger partial charge in [-0.25, -0.2) is 0 Å². The van der Waals surface area contributed by atoms with Crippen molar-refractivity contribution in [2.75, 3.05) is 13.7 Å². The van der Waals surface area contributed by atoms with Crippen LogP contribution in [0.1, 0.15) is 28.6 Å². The number of furan rings is 1. The Balaban J connectivity index is 2.96. The van der Waals surface area contributed by atoms with E-state index in [-0.39, 0.29) is 12.4 Å². The highest BCUT2D eigenvalue weighted by Crippen LogP contribution is 2.17. The Morgan fingerprint density at radius 2 is 2.31 bits per heavy atom. The van der Waals surface area contributed by atoms with Crippen molar-refractivity contribution in [3.05, 3.63) is 23.2 Å². The highest BCUT2D eigenvalue weighted by atomic mass is 16.5. The number of carbonyl (C=O) groups is 1. The van der Waals surface area contributed by atoms with Crippen molar-refractivity contribution >= 4 is 5.78 Å². The van der Waals surface area contributed by atoms with Gasteiger partial charge in [-0.2, -0.15) is 0 Å². The third-order valence-electron chi connectivity index (χ3n) is 1.99. The first-order valence-corrected chi connectivity index (χ1v) is 4.29. The van der Waals surface area contributed by atoms with E-state index in [2.05, 4.69) is 0 Å². The Morgan fingerprint density at radius 1 is 1.62 bits per heavy atom. The van der Waals surface area contributed by atoms with E-state index in [0.29, 0.717) is 11.3 Å². The van der Waals surface area contributed by atoms with Crippen LogP contribution < -0.4 is 0 Å². The predicted molar refractivity (Wildman–Crippen MR) is 49.0 cm³/mol. The van der Waals surface area contributed by atoms with Gasteiger partial charge in [-0.3, -0.25) is 4.79 Å². The molecular weight excluding hydrogens is 168 g/mol. The smallest absolute Gasteiger partial charge is 0.192 e. The number of ketones is 1. The Bertz CT molecular complexity index is 299. The Labute approximate surface area is 77.7 Å². The molecule has 0 N–H and O–H groups in total. The summed E-state index contributed by atoms with van der Waals surface area (Å²) in [6, 6.07) is 0. The summed E-state index contributed by atoms with van der Waals surface area (Å²) >= 11 is 0. The minimum Gasteiger partial charge on any atom is -0.469 e. The fourth-order valence-corrected chi connectivity index (χ4v) is 1.34. The molecular formula is C10H14O3. The highest BCUT2D eigenvalue weighted by Gasteiger charge is 2.16. The molecule has 3 nitrogen and oxygen atoms in total. The van der Waals surface area contributed by atoms with Gasteiger partial charge in [0.15, 0.2) is 5.78 Å². The van der Waals surface area contributed by atoms with Crippen molar-refractivity contribution in [1.82, 2.24) is 0 Å². The van der Waals surface area contributed by atoms with Gasteiger partial charge in [0.1, 0.15) is 12.4 Å². The SMILES string of the molecule is CCc1coc(C)c1C(=O)COC. The first kappa shape index (κ1) is 9.99. The molecule has 1 heterocycles. The first-order chi connectivity index (χ1) is 6.20. The summed E-state index contributed by atoms with van der Waals surface area (Å²) < 4.78 is 9.97. The van der Waals surface area contributed by atoms with Crippen LogP contribution in [0.15, 0.2) is 10.7 Å². The number of methoxy groups -OCH3 is 1. The van der Waals surface area contributed by atoms with Crippen LogP contribution in [0.25, 0.3) is 0 Å². The molecule has 1 rings (SSSR count). The van der Waals surface area contributed by atoms with Crippen LogP contribution in [-0.2, 0) is 11.2 Å². The largest absolute Gasteiger partial charge is 0.469 e. The molecule has 0 saturated carbocycles. The zero-order valence-electron chi connectivity index (χ0n) is 8.22. The molecule has 1 aromatic rings. The van der Waals surface area contributed by atoms with E-state index >= 15 is 0 Å². The van der Waals surface area contributed by atoms with Crippen LogP contribution in [0.4, 0.5) is 0 Å². The summed E-state index contributed by atoms with van der Waals surface area (Å²) in [6.45, 7) is 3.91. The highest BCUT2D eigenvalue weighted by molar-refractivity contribution is 5.99. The molecule has 0 amide bonds. The predicted octanol–water partition coefficient (Wildman–Crippen LogP) is 1.98. The molecule has 0 saturated heterocycles. The van der Waals surface area contributed by atoms with Crippen molar-refractivity contribution < 1.29 is 13.9 Å². The summed E-state index contributed by atoms with van der Waals surface area (Å²) in [5.41, 5.74) is 1.64. The average Bonchev–Trinajstić information content (AvgIpc) is 2.47. The maximum Gasteiger partial charge on any atom is 0.192 e. The molecule has 0 aliphatic heterocycles. The second-order valence-corrected chi connectivity index (χ2v) is 2.90. The summed E-state index contributed by atoms with van der Waals surface area (Å²) in [5.74, 6) is 0.671. The van der Waals surface area contributed by atoms with Crippen LogP contribution in [0.5, 0.6) is 0 Å². The van der Waals surface area contributed by atoms with E-state index in [9.17, 15) is 4.79 Å². The van der Waals surface area contributed by atoms with Crippen molar-refractivity contribution in [2.24, 2.45) is 0 Å². The fourth-order valence-electron chi connectivity index (χ4n) is 1.34. The molecule has 72 valence electrons. The summed E-state index contributed by atoms with van der Waals surface area (Å²) in [7, 11) is 1.51. The van der Waals surface area contributed by atoms with Crippen molar-refractivity contribution in [2.45, 2.75) is 20.3 Å². The number of rotatable bonds is 4. The maximum absolute atomic E-state index is 11.5. The molecule has 3 heteroatoms. The summed E-state index contributed by atoms with van der Waals surface area (Å²) in [5, 5.41) is 0. The molecule has 0 atom stereocenters. The average molecular weight is 182 g/mol. The van der Waals surface area contributed by atoms with E-state index in [1.54, 1.807) is 13.2 Å². The van der Waals surface area contributed by atoms with Gasteiger partial charge in [0.25, 0.3) is 0 Å². The fraction of sp³-hybridized carbons (Fsp3) is 0.500. The lowest BCUT2D eigenvalue weighted by Crippen LogP contribution is -2.09. The van der Waals surface area contributed by atoms with E-state index < -0.39 is 0 Å². The van der Waals surface area contributed by atoms with Crippen LogP contribution in [0.3, 0.4) is 0 Å². The molecule has 0 aromatic carbocycles. The van der Waals surface area contributed by atoms with Crippen molar-refractivity contribution in [1.29, 1.82) is 0 Å². The van der Waals surface area contributed by atoms with Gasteiger partial charge in [0, 0.05) is 12.7 Å². The van der Waals surface area contributed by atoms with E-state index in [1.807, 2.05) is 6.92 Å². The van der Waals surface area contributed by atoms with Gasteiger partial charge >= 0.3 is 0 Å². The van der Waals surface area contributed by atoms with E-state index in [1.165, 1.54) is 7.11 Å². The molecule has 0 radical (unpaired) electrons. The molecule has 0 unspecified atom stereocenters. The van der Waals surface area contributed by atoms with Crippen molar-refractivity contribution in [3.8, 4) is 0 Å². The molecule has 0 aliphatic carbocycles. The van der Waals surface area contributed by atoms with E-state index in [0.717, 1.165) is 12.0 Å². The summed E-state index contributed by atoms with van der Waals surface area (Å²) in [6.07, 6.45) is 2.44. The Morgan fingerprint density at radius 3 is 2.85 bits per heavy atom. The normalized spacial score (nSPS) is 10.4. The minimum absolute atomic E-state index is 0.00870. The van der Waals surface area contributed by atoms with Gasteiger partial charge < -0.3 is 9.15 Å². The lowest BCUT2D eigenvalue weighted by molar-refractivity contribution is 0.0845. The monoisotopic (exact) mass is 182 g/mol. The molecule has 0 bridgehead atoms. The number of carbonyl (C=O) groups excluding carboxylic acids is 1. The number of Topliss-reactive ketones (excluding diaryl/α,β-unsaturated/α-hetero) is 1. The van der Waals surface area contributed by atoms with Crippen LogP contribution in [-0.4, -0.2) is 19.5 Å². The van der Waals surface area contributed by atoms with Crippen molar-refractivity contribution in [3.63, 3.8) is 0 Å². The standard InChI is InChI=1S/C10H14O3/c1-4-8-5-13-7(2)10(8)9(11)6-12-3/h5H,4,6H2,1-3H3. The molecule has 0 aliphatic rings. The molecule has 13 heavy (non-hydrogen) atoms. The number of hydrogen-bond donors (Lipinski definition) is 0. The van der Waals surface area contributed by atoms with Gasteiger partial charge in [-0.1, -0.05) is 6.92 Å². The van der Waals surface area contributed by atoms with Crippen LogP contribution in [0.2, 0.25) is 0 Å². The second kappa shape index (κ2) is 4.23. The zero-order chi connectivity index (χ0) is 9.84. The molecule has 0 fully saturated rings. The maximum atomic E-state index is 11.5. The number of hydrogen-bond acceptors (Lipinski definition) is 3. The van der Waals surface area contributed by atoms with E-state index in [4.69, 9.17) is 9.15 Å². The molecule has 0 spiro atoms. The minimum atomic E-state index is -0.00870. The third-order valence-corrected chi connectivity index (χ3v) is 1.99. The van der Waals surface area contributed by atoms with Gasteiger partial charge in [-0.15, -0.1) is 0 Å². The second-order valence-electron chi connectivity index (χ2n) is 2.90.